The van der Waals surface area contributed by atoms with Crippen LogP contribution in [0.3, 0.4) is 0 Å². The van der Waals surface area contributed by atoms with E-state index in [1.54, 1.807) is 11.3 Å². The molecule has 1 aliphatic heterocycles. The summed E-state index contributed by atoms with van der Waals surface area (Å²) in [5.74, 6) is 0.892. The summed E-state index contributed by atoms with van der Waals surface area (Å²) in [4.78, 5) is 8.67. The molecule has 1 atom stereocenters. The summed E-state index contributed by atoms with van der Waals surface area (Å²) in [6.45, 7) is 5.74. The Morgan fingerprint density at radius 1 is 1.71 bits per heavy atom. The average molecular weight is 210 g/mol. The Kier molecular flexibility index (Phi) is 2.67. The van der Waals surface area contributed by atoms with Crippen molar-refractivity contribution in [3.05, 3.63) is 16.1 Å². The fraction of sp³-hybridized carbons (Fsp3) is 0.556. The van der Waals surface area contributed by atoms with Crippen molar-refractivity contribution in [3.8, 4) is 0 Å². The van der Waals surface area contributed by atoms with Gasteiger partial charge in [0.1, 0.15) is 0 Å². The van der Waals surface area contributed by atoms with Crippen molar-refractivity contribution < 1.29 is 0 Å². The molecule has 2 rings (SSSR count). The van der Waals surface area contributed by atoms with Crippen LogP contribution in [0.1, 0.15) is 17.6 Å². The van der Waals surface area contributed by atoms with Crippen LogP contribution in [0, 0.1) is 6.92 Å². The van der Waals surface area contributed by atoms with Gasteiger partial charge < -0.3 is 10.6 Å². The monoisotopic (exact) mass is 210 g/mol. The Bertz CT molecular complexity index is 344. The number of aromatic nitrogens is 1. The van der Waals surface area contributed by atoms with E-state index in [0.29, 0.717) is 6.04 Å². The van der Waals surface area contributed by atoms with Gasteiger partial charge in [-0.3, -0.25) is 4.99 Å². The third-order valence-corrected chi connectivity index (χ3v) is 2.83. The molecule has 1 aliphatic rings. The molecule has 5 heteroatoms. The maximum absolute atomic E-state index is 4.36. The Morgan fingerprint density at radius 3 is 3.14 bits per heavy atom. The molecule has 14 heavy (non-hydrogen) atoms. The standard InChI is InChI=1S/C9H14N4S/c1-6-3-10-9(12-6)11-4-8-5-14-7(2)13-8/h5-6H,3-4H2,1-2H3,(H2,10,11,12). The average Bonchev–Trinajstić information content (AvgIpc) is 2.72. The first-order valence-electron chi connectivity index (χ1n) is 4.70. The van der Waals surface area contributed by atoms with Gasteiger partial charge >= 0.3 is 0 Å². The van der Waals surface area contributed by atoms with E-state index in [4.69, 9.17) is 0 Å². The highest BCUT2D eigenvalue weighted by Gasteiger charge is 2.11. The van der Waals surface area contributed by atoms with Gasteiger partial charge in [0.25, 0.3) is 0 Å². The smallest absolute Gasteiger partial charge is 0.191 e. The third-order valence-electron chi connectivity index (χ3n) is 2.01. The Balaban J connectivity index is 1.83. The Labute approximate surface area is 87.5 Å². The van der Waals surface area contributed by atoms with Gasteiger partial charge in [-0.05, 0) is 13.8 Å². The van der Waals surface area contributed by atoms with Gasteiger partial charge in [0.05, 0.1) is 23.8 Å². The first-order chi connectivity index (χ1) is 6.74. The number of aryl methyl sites for hydroxylation is 1. The molecule has 1 aromatic heterocycles. The van der Waals surface area contributed by atoms with Gasteiger partial charge in [-0.15, -0.1) is 11.3 Å². The zero-order valence-corrected chi connectivity index (χ0v) is 9.19. The molecule has 0 bridgehead atoms. The highest BCUT2D eigenvalue weighted by Crippen LogP contribution is 2.07. The molecule has 1 unspecified atom stereocenters. The summed E-state index contributed by atoms with van der Waals surface area (Å²) < 4.78 is 0. The number of hydrogen-bond donors (Lipinski definition) is 2. The molecular formula is C9H14N4S. The van der Waals surface area contributed by atoms with Crippen molar-refractivity contribution in [2.24, 2.45) is 4.99 Å². The largest absolute Gasteiger partial charge is 0.352 e. The summed E-state index contributed by atoms with van der Waals surface area (Å²) in [7, 11) is 0. The molecule has 0 aliphatic carbocycles. The van der Waals surface area contributed by atoms with Crippen LogP contribution in [0.2, 0.25) is 0 Å². The van der Waals surface area contributed by atoms with E-state index >= 15 is 0 Å². The lowest BCUT2D eigenvalue weighted by molar-refractivity contribution is 0.712. The Morgan fingerprint density at radius 2 is 2.57 bits per heavy atom. The second kappa shape index (κ2) is 3.96. The minimum Gasteiger partial charge on any atom is -0.352 e. The van der Waals surface area contributed by atoms with Crippen molar-refractivity contribution >= 4 is 17.3 Å². The van der Waals surface area contributed by atoms with Crippen LogP contribution in [0.4, 0.5) is 0 Å². The minimum absolute atomic E-state index is 0.453. The number of nitrogens with zero attached hydrogens (tertiary/aromatic N) is 2. The molecule has 0 saturated heterocycles. The third kappa shape index (κ3) is 2.23. The van der Waals surface area contributed by atoms with E-state index in [0.717, 1.165) is 29.8 Å². The molecule has 0 spiro atoms. The van der Waals surface area contributed by atoms with E-state index in [2.05, 4.69) is 32.9 Å². The Hall–Kier alpha value is -1.10. The normalized spacial score (nSPS) is 20.4. The van der Waals surface area contributed by atoms with Gasteiger partial charge in [0.2, 0.25) is 0 Å². The number of aliphatic imine (C=N–C) groups is 1. The molecule has 0 fully saturated rings. The molecule has 0 amide bonds. The first-order valence-corrected chi connectivity index (χ1v) is 5.58. The van der Waals surface area contributed by atoms with Crippen molar-refractivity contribution in [3.63, 3.8) is 0 Å². The lowest BCUT2D eigenvalue weighted by Crippen LogP contribution is -2.37. The van der Waals surface area contributed by atoms with E-state index in [1.165, 1.54) is 0 Å². The first kappa shape index (κ1) is 9.45. The molecular weight excluding hydrogens is 196 g/mol. The zero-order valence-electron chi connectivity index (χ0n) is 8.37. The van der Waals surface area contributed by atoms with Crippen molar-refractivity contribution in [2.75, 3.05) is 6.54 Å². The van der Waals surface area contributed by atoms with Gasteiger partial charge in [0, 0.05) is 11.4 Å². The van der Waals surface area contributed by atoms with Gasteiger partial charge in [-0.2, -0.15) is 0 Å². The molecule has 0 radical (unpaired) electrons. The summed E-state index contributed by atoms with van der Waals surface area (Å²) in [6, 6.07) is 0.453. The van der Waals surface area contributed by atoms with E-state index < -0.39 is 0 Å². The van der Waals surface area contributed by atoms with Gasteiger partial charge in [-0.1, -0.05) is 0 Å². The van der Waals surface area contributed by atoms with Crippen LogP contribution >= 0.6 is 11.3 Å². The SMILES string of the molecule is Cc1nc(CNC2=NCC(C)N2)cs1. The number of guanidine groups is 1. The lowest BCUT2D eigenvalue weighted by Gasteiger charge is -2.06. The van der Waals surface area contributed by atoms with Crippen LogP contribution in [0.25, 0.3) is 0 Å². The molecule has 4 nitrogen and oxygen atoms in total. The second-order valence-corrected chi connectivity index (χ2v) is 4.51. The molecule has 2 heterocycles. The summed E-state index contributed by atoms with van der Waals surface area (Å²) in [6.07, 6.45) is 0. The van der Waals surface area contributed by atoms with E-state index in [1.807, 2.05) is 6.92 Å². The van der Waals surface area contributed by atoms with Gasteiger partial charge in [-0.25, -0.2) is 4.98 Å². The van der Waals surface area contributed by atoms with Crippen LogP contribution < -0.4 is 10.6 Å². The van der Waals surface area contributed by atoms with Crippen molar-refractivity contribution in [1.29, 1.82) is 0 Å². The second-order valence-electron chi connectivity index (χ2n) is 3.45. The predicted molar refractivity (Wildman–Crippen MR) is 58.6 cm³/mol. The quantitative estimate of drug-likeness (QED) is 0.762. The topological polar surface area (TPSA) is 49.3 Å². The van der Waals surface area contributed by atoms with Crippen LogP contribution in [-0.4, -0.2) is 23.5 Å². The van der Waals surface area contributed by atoms with E-state index in [9.17, 15) is 0 Å². The fourth-order valence-corrected chi connectivity index (χ4v) is 1.94. The predicted octanol–water partition coefficient (Wildman–Crippen LogP) is 0.889. The van der Waals surface area contributed by atoms with E-state index in [-0.39, 0.29) is 0 Å². The maximum Gasteiger partial charge on any atom is 0.191 e. The summed E-state index contributed by atoms with van der Waals surface area (Å²) in [5, 5.41) is 9.65. The summed E-state index contributed by atoms with van der Waals surface area (Å²) >= 11 is 1.68. The van der Waals surface area contributed by atoms with Crippen LogP contribution in [0.5, 0.6) is 0 Å². The lowest BCUT2D eigenvalue weighted by atomic mass is 10.4. The number of nitrogens with one attached hydrogen (secondary N) is 2. The fourth-order valence-electron chi connectivity index (χ4n) is 1.32. The number of hydrogen-bond acceptors (Lipinski definition) is 5. The zero-order chi connectivity index (χ0) is 9.97. The molecule has 76 valence electrons. The highest BCUT2D eigenvalue weighted by molar-refractivity contribution is 7.09. The number of thiazole rings is 1. The van der Waals surface area contributed by atoms with Gasteiger partial charge in [0.15, 0.2) is 5.96 Å². The summed E-state index contributed by atoms with van der Waals surface area (Å²) in [5.41, 5.74) is 1.08. The number of rotatable bonds is 2. The maximum atomic E-state index is 4.36. The molecule has 0 aromatic carbocycles. The van der Waals surface area contributed by atoms with Crippen molar-refractivity contribution in [2.45, 2.75) is 26.4 Å². The molecule has 1 aromatic rings. The van der Waals surface area contributed by atoms with Crippen molar-refractivity contribution in [1.82, 2.24) is 15.6 Å². The van der Waals surface area contributed by atoms with Crippen LogP contribution in [-0.2, 0) is 6.54 Å². The van der Waals surface area contributed by atoms with Crippen LogP contribution in [0.15, 0.2) is 10.4 Å². The molecule has 0 saturated carbocycles. The minimum atomic E-state index is 0.453. The highest BCUT2D eigenvalue weighted by atomic mass is 32.1. The molecule has 2 N–H and O–H groups in total.